The molecule has 8 nitrogen and oxygen atoms in total. The zero-order chi connectivity index (χ0) is 22.9. The topological polar surface area (TPSA) is 88.8 Å². The van der Waals surface area contributed by atoms with Gasteiger partial charge in [-0.2, -0.15) is 0 Å². The van der Waals surface area contributed by atoms with Crippen LogP contribution in [-0.4, -0.2) is 42.1 Å². The summed E-state index contributed by atoms with van der Waals surface area (Å²) in [6.07, 6.45) is 4.08. The Hall–Kier alpha value is -2.78. The molecule has 1 fully saturated rings. The molecule has 1 atom stereocenters. The summed E-state index contributed by atoms with van der Waals surface area (Å²) in [5.74, 6) is 1.25. The van der Waals surface area contributed by atoms with Gasteiger partial charge in [-0.25, -0.2) is 14.8 Å². The highest BCUT2D eigenvalue weighted by Gasteiger charge is 2.26. The highest BCUT2D eigenvalue weighted by molar-refractivity contribution is 7.18. The molecule has 1 aromatic carbocycles. The third-order valence-corrected chi connectivity index (χ3v) is 7.75. The predicted molar refractivity (Wildman–Crippen MR) is 132 cm³/mol. The molecule has 3 aromatic heterocycles. The molecular formula is C24H30N6O2S. The van der Waals surface area contributed by atoms with Gasteiger partial charge in [0, 0.05) is 25.6 Å². The lowest BCUT2D eigenvalue weighted by Crippen LogP contribution is -2.34. The van der Waals surface area contributed by atoms with Gasteiger partial charge in [0.2, 0.25) is 0 Å². The fourth-order valence-electron chi connectivity index (χ4n) is 4.87. The Balaban J connectivity index is 1.45. The summed E-state index contributed by atoms with van der Waals surface area (Å²) in [7, 11) is 0. The van der Waals surface area contributed by atoms with Crippen molar-refractivity contribution in [2.75, 3.05) is 13.1 Å². The van der Waals surface area contributed by atoms with Gasteiger partial charge in [0.1, 0.15) is 5.82 Å². The second-order valence-electron chi connectivity index (χ2n) is 8.80. The number of piperidine rings is 1. The molecule has 0 spiro atoms. The molecule has 4 heterocycles. The first-order valence-electron chi connectivity index (χ1n) is 11.9. The summed E-state index contributed by atoms with van der Waals surface area (Å²) in [6.45, 7) is 7.88. The van der Waals surface area contributed by atoms with Gasteiger partial charge >= 0.3 is 5.69 Å². The van der Waals surface area contributed by atoms with Crippen LogP contribution in [0.25, 0.3) is 21.4 Å². The maximum atomic E-state index is 12.7. The Labute approximate surface area is 195 Å². The van der Waals surface area contributed by atoms with Crippen molar-refractivity contribution in [3.05, 3.63) is 55.9 Å². The standard InChI is InChI=1S/C24H30N6O2S/c1-3-5-13-30-21-20(22(31)27-24(30)32)29(4-2)19(26-21)15-28-12-8-9-16(14-28)23-25-17-10-6-7-11-18(17)33-23/h6-7,10-11,16H,3-5,8-9,12-15H2,1-2H3,(H,27,31,32)/t16-/m1/s1. The van der Waals surface area contributed by atoms with Crippen molar-refractivity contribution in [2.24, 2.45) is 0 Å². The Kier molecular flexibility index (Phi) is 6.16. The first-order chi connectivity index (χ1) is 16.1. The molecule has 1 aliphatic heterocycles. The van der Waals surface area contributed by atoms with E-state index < -0.39 is 0 Å². The van der Waals surface area contributed by atoms with Crippen LogP contribution in [0.3, 0.4) is 0 Å². The average molecular weight is 467 g/mol. The van der Waals surface area contributed by atoms with E-state index in [1.807, 2.05) is 17.6 Å². The van der Waals surface area contributed by atoms with E-state index in [1.54, 1.807) is 15.9 Å². The number of para-hydroxylation sites is 1. The van der Waals surface area contributed by atoms with Crippen LogP contribution >= 0.6 is 11.3 Å². The van der Waals surface area contributed by atoms with E-state index in [0.29, 0.717) is 36.7 Å². The van der Waals surface area contributed by atoms with E-state index in [9.17, 15) is 9.59 Å². The lowest BCUT2D eigenvalue weighted by molar-refractivity contribution is 0.194. The fourth-order valence-corrected chi connectivity index (χ4v) is 5.96. The number of imidazole rings is 1. The molecule has 9 heteroatoms. The number of nitrogens with zero attached hydrogens (tertiary/aromatic N) is 5. The summed E-state index contributed by atoms with van der Waals surface area (Å²) in [5, 5.41) is 1.20. The first kappa shape index (κ1) is 22.0. The molecule has 174 valence electrons. The molecular weight excluding hydrogens is 436 g/mol. The van der Waals surface area contributed by atoms with Crippen molar-refractivity contribution < 1.29 is 0 Å². The number of nitrogens with one attached hydrogen (secondary N) is 1. The maximum absolute atomic E-state index is 12.7. The summed E-state index contributed by atoms with van der Waals surface area (Å²) >= 11 is 1.79. The number of hydrogen-bond acceptors (Lipinski definition) is 6. The molecule has 0 unspecified atom stereocenters. The van der Waals surface area contributed by atoms with Crippen LogP contribution in [0.5, 0.6) is 0 Å². The Morgan fingerprint density at radius 3 is 2.79 bits per heavy atom. The van der Waals surface area contributed by atoms with Gasteiger partial charge in [-0.05, 0) is 44.9 Å². The van der Waals surface area contributed by atoms with Crippen molar-refractivity contribution in [1.29, 1.82) is 0 Å². The molecule has 0 radical (unpaired) electrons. The molecule has 0 amide bonds. The quantitative estimate of drug-likeness (QED) is 0.449. The second kappa shape index (κ2) is 9.23. The number of thiazole rings is 1. The van der Waals surface area contributed by atoms with E-state index in [1.165, 1.54) is 9.71 Å². The van der Waals surface area contributed by atoms with Crippen molar-refractivity contribution >= 4 is 32.7 Å². The number of unbranched alkanes of at least 4 members (excludes halogenated alkanes) is 1. The van der Waals surface area contributed by atoms with Crippen molar-refractivity contribution in [1.82, 2.24) is 29.0 Å². The van der Waals surface area contributed by atoms with Gasteiger partial charge in [-0.1, -0.05) is 25.5 Å². The van der Waals surface area contributed by atoms with Gasteiger partial charge in [-0.3, -0.25) is 19.2 Å². The molecule has 0 saturated carbocycles. The molecule has 5 rings (SSSR count). The van der Waals surface area contributed by atoms with Crippen LogP contribution in [0.4, 0.5) is 0 Å². The number of rotatable bonds is 7. The smallest absolute Gasteiger partial charge is 0.321 e. The number of benzene rings is 1. The lowest BCUT2D eigenvalue weighted by Gasteiger charge is -2.31. The number of fused-ring (bicyclic) bond motifs is 2. The Bertz CT molecular complexity index is 1360. The minimum atomic E-state index is -0.373. The van der Waals surface area contributed by atoms with Crippen molar-refractivity contribution in [2.45, 2.75) is 65.1 Å². The second-order valence-corrected chi connectivity index (χ2v) is 9.87. The minimum Gasteiger partial charge on any atom is -0.321 e. The van der Waals surface area contributed by atoms with E-state index in [2.05, 4.69) is 35.0 Å². The van der Waals surface area contributed by atoms with E-state index in [4.69, 9.17) is 9.97 Å². The highest BCUT2D eigenvalue weighted by atomic mass is 32.1. The molecule has 1 saturated heterocycles. The van der Waals surface area contributed by atoms with Gasteiger partial charge in [0.25, 0.3) is 5.56 Å². The average Bonchev–Trinajstić information content (AvgIpc) is 3.41. The summed E-state index contributed by atoms with van der Waals surface area (Å²) in [5.41, 5.74) is 1.36. The molecule has 33 heavy (non-hydrogen) atoms. The van der Waals surface area contributed by atoms with Crippen LogP contribution in [0.2, 0.25) is 0 Å². The van der Waals surface area contributed by atoms with Gasteiger partial charge < -0.3 is 4.57 Å². The largest absolute Gasteiger partial charge is 0.330 e. The molecule has 1 aliphatic rings. The highest BCUT2D eigenvalue weighted by Crippen LogP contribution is 2.33. The number of H-pyrrole nitrogens is 1. The van der Waals surface area contributed by atoms with Gasteiger partial charge in [0.05, 0.1) is 21.8 Å². The van der Waals surface area contributed by atoms with Crippen LogP contribution in [0.15, 0.2) is 33.9 Å². The third-order valence-electron chi connectivity index (χ3n) is 6.55. The SMILES string of the molecule is CCCCn1c(=O)[nH]c(=O)c2c1nc(CN1CCC[C@@H](c3nc4ccccc4s3)C1)n2CC. The van der Waals surface area contributed by atoms with Gasteiger partial charge in [0.15, 0.2) is 11.2 Å². The summed E-state index contributed by atoms with van der Waals surface area (Å²) in [4.78, 5) is 39.8. The number of aromatic nitrogens is 5. The number of aromatic amines is 1. The summed E-state index contributed by atoms with van der Waals surface area (Å²) in [6, 6.07) is 8.32. The Morgan fingerprint density at radius 2 is 2.00 bits per heavy atom. The molecule has 4 aromatic rings. The lowest BCUT2D eigenvalue weighted by atomic mass is 9.99. The molecule has 0 aliphatic carbocycles. The van der Waals surface area contributed by atoms with Crippen LogP contribution < -0.4 is 11.2 Å². The van der Waals surface area contributed by atoms with Gasteiger partial charge in [-0.15, -0.1) is 11.3 Å². The normalized spacial score (nSPS) is 17.3. The number of aryl methyl sites for hydroxylation is 2. The Morgan fingerprint density at radius 1 is 1.15 bits per heavy atom. The fraction of sp³-hybridized carbons (Fsp3) is 0.500. The predicted octanol–water partition coefficient (Wildman–Crippen LogP) is 3.70. The van der Waals surface area contributed by atoms with E-state index >= 15 is 0 Å². The van der Waals surface area contributed by atoms with Crippen LogP contribution in [-0.2, 0) is 19.6 Å². The monoisotopic (exact) mass is 466 g/mol. The molecule has 1 N–H and O–H groups in total. The van der Waals surface area contributed by atoms with E-state index in [-0.39, 0.29) is 11.2 Å². The zero-order valence-corrected chi connectivity index (χ0v) is 20.0. The first-order valence-corrected chi connectivity index (χ1v) is 12.7. The molecule has 0 bridgehead atoms. The van der Waals surface area contributed by atoms with Crippen molar-refractivity contribution in [3.63, 3.8) is 0 Å². The minimum absolute atomic E-state index is 0.352. The third kappa shape index (κ3) is 4.15. The number of hydrogen-bond donors (Lipinski definition) is 1. The zero-order valence-electron chi connectivity index (χ0n) is 19.2. The van der Waals surface area contributed by atoms with Crippen molar-refractivity contribution in [3.8, 4) is 0 Å². The van der Waals surface area contributed by atoms with Crippen LogP contribution in [0.1, 0.15) is 56.3 Å². The maximum Gasteiger partial charge on any atom is 0.330 e. The number of likely N-dealkylation sites (tertiary alicyclic amines) is 1. The summed E-state index contributed by atoms with van der Waals surface area (Å²) < 4.78 is 4.83. The van der Waals surface area contributed by atoms with E-state index in [0.717, 1.165) is 50.1 Å². The van der Waals surface area contributed by atoms with Crippen LogP contribution in [0, 0.1) is 0 Å².